The maximum Gasteiger partial charge on any atom is 0.337 e. The Kier molecular flexibility index (Phi) is 7.06. The molecular formula is C22H22N2O3S2. The molecule has 0 bridgehead atoms. The fraction of sp³-hybridized carbons (Fsp3) is 0.227. The van der Waals surface area contributed by atoms with E-state index in [9.17, 15) is 9.59 Å². The van der Waals surface area contributed by atoms with E-state index < -0.39 is 0 Å². The molecule has 3 aromatic rings. The minimum Gasteiger partial charge on any atom is -0.465 e. The molecule has 0 aliphatic heterocycles. The summed E-state index contributed by atoms with van der Waals surface area (Å²) >= 11 is 3.25. The van der Waals surface area contributed by atoms with Crippen LogP contribution < -0.4 is 0 Å². The van der Waals surface area contributed by atoms with Gasteiger partial charge in [-0.25, -0.2) is 9.78 Å². The number of ether oxygens (including phenoxy) is 1. The van der Waals surface area contributed by atoms with Gasteiger partial charge in [-0.3, -0.25) is 4.79 Å². The average Bonchev–Trinajstić information content (AvgIpc) is 3.17. The molecule has 0 N–H and O–H groups in total. The van der Waals surface area contributed by atoms with Crippen molar-refractivity contribution in [3.63, 3.8) is 0 Å². The number of rotatable bonds is 7. The molecule has 0 fully saturated rings. The van der Waals surface area contributed by atoms with Crippen molar-refractivity contribution in [1.29, 1.82) is 0 Å². The van der Waals surface area contributed by atoms with Crippen molar-refractivity contribution >= 4 is 35.0 Å². The molecule has 0 aliphatic rings. The minimum atomic E-state index is -0.373. The molecule has 0 saturated heterocycles. The molecule has 150 valence electrons. The molecule has 7 heteroatoms. The van der Waals surface area contributed by atoms with Crippen LogP contribution in [-0.2, 0) is 17.0 Å². The molecule has 2 aromatic carbocycles. The van der Waals surface area contributed by atoms with Crippen LogP contribution in [0.4, 0.5) is 0 Å². The summed E-state index contributed by atoms with van der Waals surface area (Å²) in [4.78, 5) is 31.7. The summed E-state index contributed by atoms with van der Waals surface area (Å²) in [6, 6.07) is 14.7. The third-order valence-corrected chi connectivity index (χ3v) is 6.23. The first kappa shape index (κ1) is 21.1. The Morgan fingerprint density at radius 3 is 2.52 bits per heavy atom. The molecule has 3 rings (SSSR count). The van der Waals surface area contributed by atoms with Gasteiger partial charge in [0, 0.05) is 29.6 Å². The lowest BCUT2D eigenvalue weighted by Crippen LogP contribution is -2.26. The number of thiazole rings is 1. The highest BCUT2D eigenvalue weighted by atomic mass is 32.2. The highest BCUT2D eigenvalue weighted by molar-refractivity contribution is 7.98. The van der Waals surface area contributed by atoms with Crippen molar-refractivity contribution in [1.82, 2.24) is 9.88 Å². The van der Waals surface area contributed by atoms with Gasteiger partial charge in [-0.15, -0.1) is 23.1 Å². The number of amides is 1. The largest absolute Gasteiger partial charge is 0.465 e. The summed E-state index contributed by atoms with van der Waals surface area (Å²) in [7, 11) is 3.13. The monoisotopic (exact) mass is 426 g/mol. The van der Waals surface area contributed by atoms with Crippen molar-refractivity contribution in [2.75, 3.05) is 14.2 Å². The van der Waals surface area contributed by atoms with Crippen molar-refractivity contribution in [2.24, 2.45) is 0 Å². The van der Waals surface area contributed by atoms with Gasteiger partial charge in [-0.2, -0.15) is 0 Å². The molecule has 0 atom stereocenters. The van der Waals surface area contributed by atoms with E-state index in [1.165, 1.54) is 7.11 Å². The van der Waals surface area contributed by atoms with Crippen molar-refractivity contribution < 1.29 is 14.3 Å². The predicted molar refractivity (Wildman–Crippen MR) is 116 cm³/mol. The first-order valence-corrected chi connectivity index (χ1v) is 10.9. The second-order valence-corrected chi connectivity index (χ2v) is 8.57. The molecule has 1 amide bonds. The van der Waals surface area contributed by atoms with Gasteiger partial charge in [0.1, 0.15) is 0 Å². The van der Waals surface area contributed by atoms with Gasteiger partial charge in [0.15, 0.2) is 0 Å². The topological polar surface area (TPSA) is 59.5 Å². The van der Waals surface area contributed by atoms with E-state index >= 15 is 0 Å². The fourth-order valence-corrected chi connectivity index (χ4v) is 4.47. The number of thioether (sulfide) groups is 1. The smallest absolute Gasteiger partial charge is 0.337 e. The Labute approximate surface area is 178 Å². The van der Waals surface area contributed by atoms with Gasteiger partial charge in [-0.05, 0) is 36.8 Å². The standard InChI is InChI=1S/C22H22N2O3S2/c1-15-23-18(13-28-15)14-29-20-7-5-4-6-19(20)21(25)24(2)12-16-8-10-17(11-9-16)22(26)27-3/h4-11,13H,12,14H2,1-3H3. The number of benzene rings is 2. The first-order valence-electron chi connectivity index (χ1n) is 9.03. The van der Waals surface area contributed by atoms with E-state index in [0.717, 1.165) is 26.9 Å². The molecule has 5 nitrogen and oxygen atoms in total. The maximum atomic E-state index is 13.0. The zero-order chi connectivity index (χ0) is 20.8. The maximum absolute atomic E-state index is 13.0. The van der Waals surface area contributed by atoms with E-state index in [2.05, 4.69) is 10.4 Å². The summed E-state index contributed by atoms with van der Waals surface area (Å²) in [5, 5.41) is 3.10. The molecule has 0 radical (unpaired) electrons. The van der Waals surface area contributed by atoms with Crippen molar-refractivity contribution in [3.8, 4) is 0 Å². The van der Waals surface area contributed by atoms with E-state index in [0.29, 0.717) is 17.7 Å². The second-order valence-electron chi connectivity index (χ2n) is 6.49. The Morgan fingerprint density at radius 1 is 1.14 bits per heavy atom. The molecule has 29 heavy (non-hydrogen) atoms. The van der Waals surface area contributed by atoms with Gasteiger partial charge in [-0.1, -0.05) is 24.3 Å². The molecular weight excluding hydrogens is 404 g/mol. The van der Waals surface area contributed by atoms with Crippen LogP contribution in [-0.4, -0.2) is 35.9 Å². The quantitative estimate of drug-likeness (QED) is 0.401. The zero-order valence-electron chi connectivity index (χ0n) is 16.5. The highest BCUT2D eigenvalue weighted by Crippen LogP contribution is 2.28. The van der Waals surface area contributed by atoms with Crippen LogP contribution in [0.3, 0.4) is 0 Å². The van der Waals surface area contributed by atoms with Crippen molar-refractivity contribution in [2.45, 2.75) is 24.1 Å². The highest BCUT2D eigenvalue weighted by Gasteiger charge is 2.17. The lowest BCUT2D eigenvalue weighted by atomic mass is 10.1. The number of carbonyl (C=O) groups excluding carboxylic acids is 2. The molecule has 0 spiro atoms. The summed E-state index contributed by atoms with van der Waals surface area (Å²) < 4.78 is 4.71. The number of aryl methyl sites for hydroxylation is 1. The zero-order valence-corrected chi connectivity index (χ0v) is 18.2. The summed E-state index contributed by atoms with van der Waals surface area (Å²) in [6.07, 6.45) is 0. The molecule has 1 aromatic heterocycles. The Bertz CT molecular complexity index is 999. The minimum absolute atomic E-state index is 0.0420. The van der Waals surface area contributed by atoms with Gasteiger partial charge in [0.25, 0.3) is 5.91 Å². The van der Waals surface area contributed by atoms with Crippen LogP contribution in [0.1, 0.15) is 37.0 Å². The number of aromatic nitrogens is 1. The Hall–Kier alpha value is -2.64. The third kappa shape index (κ3) is 5.46. The van der Waals surface area contributed by atoms with Gasteiger partial charge < -0.3 is 9.64 Å². The van der Waals surface area contributed by atoms with Crippen LogP contribution in [0.25, 0.3) is 0 Å². The Balaban J connectivity index is 1.68. The molecule has 0 saturated carbocycles. The Morgan fingerprint density at radius 2 is 1.86 bits per heavy atom. The summed E-state index contributed by atoms with van der Waals surface area (Å²) in [6.45, 7) is 2.44. The molecule has 0 unspecified atom stereocenters. The summed E-state index contributed by atoms with van der Waals surface area (Å²) in [5.41, 5.74) is 3.14. The SMILES string of the molecule is COC(=O)c1ccc(CN(C)C(=O)c2ccccc2SCc2csc(C)n2)cc1. The van der Waals surface area contributed by atoms with Gasteiger partial charge in [0.2, 0.25) is 0 Å². The van der Waals surface area contributed by atoms with Crippen LogP contribution in [0.15, 0.2) is 58.8 Å². The fourth-order valence-electron chi connectivity index (χ4n) is 2.81. The second kappa shape index (κ2) is 9.71. The number of methoxy groups -OCH3 is 1. The molecule has 1 heterocycles. The molecule has 0 aliphatic carbocycles. The van der Waals surface area contributed by atoms with Crippen LogP contribution in [0.2, 0.25) is 0 Å². The lowest BCUT2D eigenvalue weighted by molar-refractivity contribution is 0.0600. The van der Waals surface area contributed by atoms with E-state index in [1.54, 1.807) is 47.2 Å². The van der Waals surface area contributed by atoms with Crippen LogP contribution in [0.5, 0.6) is 0 Å². The number of hydrogen-bond acceptors (Lipinski definition) is 6. The summed E-state index contributed by atoms with van der Waals surface area (Å²) in [5.74, 6) is 0.315. The van der Waals surface area contributed by atoms with E-state index in [1.807, 2.05) is 43.3 Å². The predicted octanol–water partition coefficient (Wildman–Crippen LogP) is 4.80. The average molecular weight is 427 g/mol. The first-order chi connectivity index (χ1) is 14.0. The van der Waals surface area contributed by atoms with Gasteiger partial charge in [0.05, 0.1) is 28.9 Å². The number of esters is 1. The van der Waals surface area contributed by atoms with Crippen LogP contribution in [0, 0.1) is 6.92 Å². The van der Waals surface area contributed by atoms with Crippen LogP contribution >= 0.6 is 23.1 Å². The van der Waals surface area contributed by atoms with Crippen molar-refractivity contribution in [3.05, 3.63) is 81.3 Å². The number of hydrogen-bond donors (Lipinski definition) is 0. The number of carbonyl (C=O) groups is 2. The van der Waals surface area contributed by atoms with E-state index in [-0.39, 0.29) is 11.9 Å². The van der Waals surface area contributed by atoms with E-state index in [4.69, 9.17) is 4.74 Å². The normalized spacial score (nSPS) is 10.6. The third-order valence-electron chi connectivity index (χ3n) is 4.30. The number of nitrogens with zero attached hydrogens (tertiary/aromatic N) is 2. The lowest BCUT2D eigenvalue weighted by Gasteiger charge is -2.19. The van der Waals surface area contributed by atoms with Gasteiger partial charge >= 0.3 is 5.97 Å².